The molecule has 1 aliphatic carbocycles. The van der Waals surface area contributed by atoms with Crippen LogP contribution in [0.15, 0.2) is 36.9 Å². The zero-order chi connectivity index (χ0) is 15.4. The summed E-state index contributed by atoms with van der Waals surface area (Å²) in [5.74, 6) is 1.76. The van der Waals surface area contributed by atoms with Gasteiger partial charge in [-0.15, -0.1) is 6.58 Å². The van der Waals surface area contributed by atoms with Crippen LogP contribution in [-0.4, -0.2) is 17.0 Å². The lowest BCUT2D eigenvalue weighted by Crippen LogP contribution is -2.31. The van der Waals surface area contributed by atoms with E-state index in [1.165, 1.54) is 38.2 Å². The molecular weight excluding hydrogens is 293 g/mol. The Morgan fingerprint density at radius 3 is 2.86 bits per heavy atom. The number of hydrogen-bond donors (Lipinski definition) is 1. The topological polar surface area (TPSA) is 12.0 Å². The number of thioether (sulfide) groups is 1. The Kier molecular flexibility index (Phi) is 5.59. The molecule has 2 aliphatic rings. The smallest absolute Gasteiger partial charge is 0.123 e. The molecule has 0 bridgehead atoms. The highest BCUT2D eigenvalue weighted by Gasteiger charge is 2.36. The molecule has 3 rings (SSSR count). The standard InChI is InChI=1S/C19H26FNS/c1-2-10-22-19-13-17(15-8-5-9-16(20)12-15)21-18(19)11-14-6-3-4-7-14/h2,5,8-9,12,14,17-19,21H,1,3-4,6-7,10-11,13H2/t17-,18?,19?/m1/s1. The molecular formula is C19H26FNS. The van der Waals surface area contributed by atoms with Crippen LogP contribution < -0.4 is 5.32 Å². The zero-order valence-electron chi connectivity index (χ0n) is 13.1. The molecule has 1 saturated carbocycles. The van der Waals surface area contributed by atoms with E-state index in [2.05, 4.69) is 11.9 Å². The Bertz CT molecular complexity index is 498. The fraction of sp³-hybridized carbons (Fsp3) is 0.579. The summed E-state index contributed by atoms with van der Waals surface area (Å²) in [6, 6.07) is 7.94. The summed E-state index contributed by atoms with van der Waals surface area (Å²) in [7, 11) is 0. The van der Waals surface area contributed by atoms with Gasteiger partial charge in [-0.2, -0.15) is 11.8 Å². The highest BCUT2D eigenvalue weighted by atomic mass is 32.2. The number of nitrogens with one attached hydrogen (secondary N) is 1. The molecule has 1 heterocycles. The van der Waals surface area contributed by atoms with Gasteiger partial charge < -0.3 is 5.32 Å². The van der Waals surface area contributed by atoms with Crippen LogP contribution >= 0.6 is 11.8 Å². The summed E-state index contributed by atoms with van der Waals surface area (Å²) in [5, 5.41) is 4.42. The molecule has 1 aromatic carbocycles. The summed E-state index contributed by atoms with van der Waals surface area (Å²) in [6.45, 7) is 3.85. The van der Waals surface area contributed by atoms with Crippen LogP contribution in [0.3, 0.4) is 0 Å². The van der Waals surface area contributed by atoms with Crippen LogP contribution in [0.25, 0.3) is 0 Å². The third kappa shape index (κ3) is 3.94. The van der Waals surface area contributed by atoms with Crippen LogP contribution in [-0.2, 0) is 0 Å². The van der Waals surface area contributed by atoms with Gasteiger partial charge in [0.25, 0.3) is 0 Å². The Hall–Kier alpha value is -0.800. The normalized spacial score (nSPS) is 29.0. The minimum atomic E-state index is -0.131. The Balaban J connectivity index is 1.68. The average Bonchev–Trinajstić information content (AvgIpc) is 3.16. The first kappa shape index (κ1) is 16.1. The first-order valence-electron chi connectivity index (χ1n) is 8.50. The summed E-state index contributed by atoms with van der Waals surface area (Å²) >= 11 is 2.00. The number of halogens is 1. The third-order valence-electron chi connectivity index (χ3n) is 5.07. The van der Waals surface area contributed by atoms with Gasteiger partial charge in [0.1, 0.15) is 5.82 Å². The van der Waals surface area contributed by atoms with Gasteiger partial charge in [0, 0.05) is 23.1 Å². The molecule has 0 radical (unpaired) electrons. The molecule has 120 valence electrons. The quantitative estimate of drug-likeness (QED) is 0.732. The van der Waals surface area contributed by atoms with Crippen molar-refractivity contribution < 1.29 is 4.39 Å². The molecule has 2 fully saturated rings. The largest absolute Gasteiger partial charge is 0.306 e. The molecule has 1 aliphatic heterocycles. The van der Waals surface area contributed by atoms with E-state index in [0.29, 0.717) is 17.3 Å². The lowest BCUT2D eigenvalue weighted by Gasteiger charge is -2.22. The highest BCUT2D eigenvalue weighted by Crippen LogP contribution is 2.39. The van der Waals surface area contributed by atoms with Crippen LogP contribution in [0.4, 0.5) is 4.39 Å². The SMILES string of the molecule is C=CCSC1C[C@H](c2cccc(F)c2)NC1CC1CCCC1. The molecule has 1 N–H and O–H groups in total. The second-order valence-corrected chi connectivity index (χ2v) is 7.94. The fourth-order valence-electron chi connectivity index (χ4n) is 3.99. The molecule has 22 heavy (non-hydrogen) atoms. The Morgan fingerprint density at radius 1 is 1.32 bits per heavy atom. The fourth-order valence-corrected chi connectivity index (χ4v) is 5.12. The molecule has 0 amide bonds. The van der Waals surface area contributed by atoms with Crippen molar-refractivity contribution in [3.8, 4) is 0 Å². The monoisotopic (exact) mass is 319 g/mol. The van der Waals surface area contributed by atoms with Gasteiger partial charge in [-0.1, -0.05) is 43.9 Å². The van der Waals surface area contributed by atoms with Gasteiger partial charge in [-0.25, -0.2) is 4.39 Å². The first-order chi connectivity index (χ1) is 10.8. The second kappa shape index (κ2) is 7.65. The maximum atomic E-state index is 13.5. The van der Waals surface area contributed by atoms with Gasteiger partial charge in [-0.05, 0) is 36.5 Å². The summed E-state index contributed by atoms with van der Waals surface area (Å²) < 4.78 is 13.5. The predicted molar refractivity (Wildman–Crippen MR) is 93.7 cm³/mol. The maximum absolute atomic E-state index is 13.5. The number of rotatable bonds is 6. The predicted octanol–water partition coefficient (Wildman–Crippen LogP) is 5.10. The van der Waals surface area contributed by atoms with E-state index in [4.69, 9.17) is 0 Å². The van der Waals surface area contributed by atoms with Crippen molar-refractivity contribution in [1.82, 2.24) is 5.32 Å². The maximum Gasteiger partial charge on any atom is 0.123 e. The molecule has 1 nitrogen and oxygen atoms in total. The van der Waals surface area contributed by atoms with Crippen molar-refractivity contribution in [2.45, 2.75) is 55.9 Å². The van der Waals surface area contributed by atoms with E-state index >= 15 is 0 Å². The Labute approximate surface area is 137 Å². The van der Waals surface area contributed by atoms with Gasteiger partial charge in [-0.3, -0.25) is 0 Å². The van der Waals surface area contributed by atoms with Crippen LogP contribution in [0.2, 0.25) is 0 Å². The van der Waals surface area contributed by atoms with Gasteiger partial charge in [0.05, 0.1) is 0 Å². The molecule has 2 unspecified atom stereocenters. The minimum absolute atomic E-state index is 0.131. The van der Waals surface area contributed by atoms with Crippen molar-refractivity contribution >= 4 is 11.8 Å². The number of hydrogen-bond acceptors (Lipinski definition) is 2. The van der Waals surface area contributed by atoms with Crippen molar-refractivity contribution in [2.24, 2.45) is 5.92 Å². The highest BCUT2D eigenvalue weighted by molar-refractivity contribution is 8.00. The molecule has 3 atom stereocenters. The van der Waals surface area contributed by atoms with Crippen molar-refractivity contribution in [3.05, 3.63) is 48.3 Å². The lowest BCUT2D eigenvalue weighted by atomic mass is 9.97. The van der Waals surface area contributed by atoms with E-state index in [0.717, 1.165) is 23.7 Å². The van der Waals surface area contributed by atoms with E-state index < -0.39 is 0 Å². The van der Waals surface area contributed by atoms with Crippen molar-refractivity contribution in [3.63, 3.8) is 0 Å². The zero-order valence-corrected chi connectivity index (χ0v) is 14.0. The van der Waals surface area contributed by atoms with Gasteiger partial charge in [0.2, 0.25) is 0 Å². The Morgan fingerprint density at radius 2 is 2.14 bits per heavy atom. The van der Waals surface area contributed by atoms with Crippen LogP contribution in [0.5, 0.6) is 0 Å². The average molecular weight is 319 g/mol. The van der Waals surface area contributed by atoms with E-state index in [1.807, 2.05) is 30.0 Å². The minimum Gasteiger partial charge on any atom is -0.306 e. The summed E-state index contributed by atoms with van der Waals surface area (Å²) in [6.07, 6.45) is 9.94. The van der Waals surface area contributed by atoms with E-state index in [1.54, 1.807) is 6.07 Å². The molecule has 3 heteroatoms. The molecule has 0 spiro atoms. The van der Waals surface area contributed by atoms with Crippen molar-refractivity contribution in [2.75, 3.05) is 5.75 Å². The summed E-state index contributed by atoms with van der Waals surface area (Å²) in [5.41, 5.74) is 1.10. The van der Waals surface area contributed by atoms with Crippen molar-refractivity contribution in [1.29, 1.82) is 0 Å². The second-order valence-electron chi connectivity index (χ2n) is 6.66. The van der Waals surface area contributed by atoms with E-state index in [9.17, 15) is 4.39 Å². The van der Waals surface area contributed by atoms with E-state index in [-0.39, 0.29) is 5.82 Å². The molecule has 0 aromatic heterocycles. The molecule has 1 aromatic rings. The number of benzene rings is 1. The van der Waals surface area contributed by atoms with Gasteiger partial charge >= 0.3 is 0 Å². The van der Waals surface area contributed by atoms with Crippen LogP contribution in [0, 0.1) is 11.7 Å². The lowest BCUT2D eigenvalue weighted by molar-refractivity contribution is 0.411. The van der Waals surface area contributed by atoms with Crippen LogP contribution in [0.1, 0.15) is 50.1 Å². The summed E-state index contributed by atoms with van der Waals surface area (Å²) in [4.78, 5) is 0. The third-order valence-corrected chi connectivity index (χ3v) is 6.45. The van der Waals surface area contributed by atoms with Gasteiger partial charge in [0.15, 0.2) is 0 Å². The first-order valence-corrected chi connectivity index (χ1v) is 9.55. The molecule has 1 saturated heterocycles.